The van der Waals surface area contributed by atoms with E-state index in [1.807, 2.05) is 84.9 Å². The molecule has 0 aliphatic heterocycles. The van der Waals surface area contributed by atoms with Gasteiger partial charge in [0.05, 0.1) is 5.41 Å². The number of nitrogens with zero attached hydrogens (tertiary/aromatic N) is 3. The molecule has 4 nitrogen and oxygen atoms in total. The van der Waals surface area contributed by atoms with Crippen LogP contribution in [0, 0.1) is 5.82 Å². The van der Waals surface area contributed by atoms with E-state index < -0.39 is 5.41 Å². The Kier molecular flexibility index (Phi) is 5.74. The molecule has 1 unspecified atom stereocenters. The molecule has 2 heterocycles. The second kappa shape index (κ2) is 10.4. The first-order valence-corrected chi connectivity index (χ1v) is 17.1. The van der Waals surface area contributed by atoms with Crippen molar-refractivity contribution in [2.75, 3.05) is 0 Å². The van der Waals surface area contributed by atoms with E-state index in [0.717, 1.165) is 83.1 Å². The lowest BCUT2D eigenvalue weighted by Gasteiger charge is -2.30. The lowest BCUT2D eigenvalue weighted by Crippen LogP contribution is -2.26. The van der Waals surface area contributed by atoms with Crippen molar-refractivity contribution in [2.45, 2.75) is 5.41 Å². The number of fused-ring (bicyclic) bond motifs is 14. The highest BCUT2D eigenvalue weighted by molar-refractivity contribution is 6.13. The second-order valence-electron chi connectivity index (χ2n) is 13.2. The number of furan rings is 1. The molecule has 0 bridgehead atoms. The maximum Gasteiger partial charge on any atom is 0.164 e. The first-order valence-electron chi connectivity index (χ1n) is 17.1. The van der Waals surface area contributed by atoms with E-state index >= 15 is 4.39 Å². The quantitative estimate of drug-likeness (QED) is 0.190. The van der Waals surface area contributed by atoms with E-state index in [0.29, 0.717) is 17.5 Å². The van der Waals surface area contributed by atoms with Crippen molar-refractivity contribution in [1.82, 2.24) is 15.0 Å². The third kappa shape index (κ3) is 3.86. The Balaban J connectivity index is 1.24. The summed E-state index contributed by atoms with van der Waals surface area (Å²) in [6.45, 7) is 0. The van der Waals surface area contributed by atoms with Crippen molar-refractivity contribution in [3.05, 3.63) is 186 Å². The predicted molar refractivity (Wildman–Crippen MR) is 200 cm³/mol. The molecule has 0 fully saturated rings. The molecule has 0 saturated heterocycles. The van der Waals surface area contributed by atoms with Gasteiger partial charge in [0.15, 0.2) is 17.5 Å². The normalized spacial score (nSPS) is 15.2. The van der Waals surface area contributed by atoms with Gasteiger partial charge in [0.1, 0.15) is 17.0 Å². The van der Waals surface area contributed by atoms with Gasteiger partial charge in [-0.05, 0) is 63.2 Å². The third-order valence-electron chi connectivity index (χ3n) is 10.6. The van der Waals surface area contributed by atoms with Crippen molar-refractivity contribution in [1.29, 1.82) is 0 Å². The second-order valence-corrected chi connectivity index (χ2v) is 13.2. The fourth-order valence-corrected chi connectivity index (χ4v) is 8.50. The minimum atomic E-state index is -0.792. The van der Waals surface area contributed by atoms with Gasteiger partial charge in [-0.1, -0.05) is 133 Å². The fourth-order valence-electron chi connectivity index (χ4n) is 8.50. The van der Waals surface area contributed by atoms with Crippen LogP contribution in [-0.4, -0.2) is 15.0 Å². The van der Waals surface area contributed by atoms with Crippen LogP contribution in [-0.2, 0) is 5.41 Å². The molecule has 2 aromatic heterocycles. The SMILES string of the molecule is Fc1ccc2c(c1)C1(c3ccccc3-2)c2cc(-c3nc(-c4ccccc4)nc(-c4ccccc4)n3)ccc2-c2c1ccc1c2oc2ccccc21. The molecule has 0 amide bonds. The standard InChI is InChI=1S/C46H26FN3O/c47-30-20-22-32-31-15-7-9-17-36(31)46(39(32)26-30)37-24-23-34-33-16-8-10-18-40(33)51-42(34)41(37)35-21-19-29(25-38(35)46)45-49-43(27-11-3-1-4-12-27)48-44(50-45)28-13-5-2-6-14-28/h1-26H. The highest BCUT2D eigenvalue weighted by Gasteiger charge is 2.53. The Labute approximate surface area is 292 Å². The lowest BCUT2D eigenvalue weighted by atomic mass is 9.70. The summed E-state index contributed by atoms with van der Waals surface area (Å²) in [4.78, 5) is 15.1. The van der Waals surface area contributed by atoms with E-state index in [4.69, 9.17) is 19.4 Å². The molecule has 2 aliphatic rings. The summed E-state index contributed by atoms with van der Waals surface area (Å²) in [7, 11) is 0. The molecule has 238 valence electrons. The summed E-state index contributed by atoms with van der Waals surface area (Å²) in [6.07, 6.45) is 0. The third-order valence-corrected chi connectivity index (χ3v) is 10.6. The van der Waals surface area contributed by atoms with Crippen molar-refractivity contribution in [2.24, 2.45) is 0 Å². The van der Waals surface area contributed by atoms with Gasteiger partial charge < -0.3 is 4.42 Å². The van der Waals surface area contributed by atoms with Crippen LogP contribution in [0.5, 0.6) is 0 Å². The van der Waals surface area contributed by atoms with Crippen LogP contribution < -0.4 is 0 Å². The number of hydrogen-bond acceptors (Lipinski definition) is 4. The van der Waals surface area contributed by atoms with Crippen LogP contribution >= 0.6 is 0 Å². The van der Waals surface area contributed by atoms with Crippen LogP contribution in [0.3, 0.4) is 0 Å². The molecule has 0 saturated carbocycles. The molecule has 1 spiro atoms. The molecular formula is C46H26FN3O. The summed E-state index contributed by atoms with van der Waals surface area (Å²) in [6, 6.07) is 52.7. The average Bonchev–Trinajstić information content (AvgIpc) is 3.82. The van der Waals surface area contributed by atoms with Crippen molar-refractivity contribution < 1.29 is 8.81 Å². The summed E-state index contributed by atoms with van der Waals surface area (Å²) in [5.41, 5.74) is 11.9. The molecular weight excluding hydrogens is 630 g/mol. The maximum atomic E-state index is 15.5. The van der Waals surface area contributed by atoms with Crippen molar-refractivity contribution in [3.8, 4) is 56.4 Å². The molecule has 7 aromatic carbocycles. The highest BCUT2D eigenvalue weighted by Crippen LogP contribution is 2.64. The Bertz CT molecular complexity index is 2820. The van der Waals surface area contributed by atoms with Gasteiger partial charge in [0.2, 0.25) is 0 Å². The van der Waals surface area contributed by atoms with Crippen LogP contribution in [0.1, 0.15) is 22.3 Å². The van der Waals surface area contributed by atoms with Crippen molar-refractivity contribution in [3.63, 3.8) is 0 Å². The number of para-hydroxylation sites is 1. The van der Waals surface area contributed by atoms with E-state index in [-0.39, 0.29) is 5.82 Å². The van der Waals surface area contributed by atoms with E-state index in [1.54, 1.807) is 12.1 Å². The fraction of sp³-hybridized carbons (Fsp3) is 0.0217. The molecule has 9 aromatic rings. The minimum absolute atomic E-state index is 0.269. The van der Waals surface area contributed by atoms with E-state index in [1.165, 1.54) is 0 Å². The Hall–Kier alpha value is -6.72. The molecule has 11 rings (SSSR count). The van der Waals surface area contributed by atoms with E-state index in [2.05, 4.69) is 60.7 Å². The van der Waals surface area contributed by atoms with Crippen LogP contribution in [0.15, 0.2) is 162 Å². The number of benzene rings is 7. The van der Waals surface area contributed by atoms with E-state index in [9.17, 15) is 0 Å². The zero-order chi connectivity index (χ0) is 33.7. The minimum Gasteiger partial charge on any atom is -0.455 e. The van der Waals surface area contributed by atoms with Gasteiger partial charge >= 0.3 is 0 Å². The monoisotopic (exact) mass is 655 g/mol. The largest absolute Gasteiger partial charge is 0.455 e. The lowest BCUT2D eigenvalue weighted by molar-refractivity contribution is 0.622. The van der Waals surface area contributed by atoms with Gasteiger partial charge in [0, 0.05) is 33.0 Å². The predicted octanol–water partition coefficient (Wildman–Crippen LogP) is 11.3. The maximum absolute atomic E-state index is 15.5. The highest BCUT2D eigenvalue weighted by atomic mass is 19.1. The number of hydrogen-bond donors (Lipinski definition) is 0. The van der Waals surface area contributed by atoms with Gasteiger partial charge in [-0.2, -0.15) is 0 Å². The Morgan fingerprint density at radius 3 is 1.80 bits per heavy atom. The summed E-state index contributed by atoms with van der Waals surface area (Å²) < 4.78 is 22.2. The Morgan fingerprint density at radius 1 is 0.431 bits per heavy atom. The first-order chi connectivity index (χ1) is 25.2. The van der Waals surface area contributed by atoms with Gasteiger partial charge in [0.25, 0.3) is 0 Å². The van der Waals surface area contributed by atoms with Crippen LogP contribution in [0.2, 0.25) is 0 Å². The topological polar surface area (TPSA) is 51.8 Å². The van der Waals surface area contributed by atoms with Gasteiger partial charge in [-0.15, -0.1) is 0 Å². The first kappa shape index (κ1) is 28.2. The molecule has 0 N–H and O–H groups in total. The summed E-state index contributed by atoms with van der Waals surface area (Å²) in [5, 5.41) is 2.12. The van der Waals surface area contributed by atoms with Gasteiger partial charge in [-0.3, -0.25) is 0 Å². The number of rotatable bonds is 3. The van der Waals surface area contributed by atoms with Gasteiger partial charge in [-0.25, -0.2) is 19.3 Å². The Morgan fingerprint density at radius 2 is 1.04 bits per heavy atom. The zero-order valence-corrected chi connectivity index (χ0v) is 27.1. The van der Waals surface area contributed by atoms with Crippen molar-refractivity contribution >= 4 is 21.9 Å². The summed E-state index contributed by atoms with van der Waals surface area (Å²) in [5.74, 6) is 1.49. The smallest absolute Gasteiger partial charge is 0.164 e. The molecule has 5 heteroatoms. The molecule has 2 aliphatic carbocycles. The average molecular weight is 656 g/mol. The summed E-state index contributed by atoms with van der Waals surface area (Å²) >= 11 is 0. The van der Waals surface area contributed by atoms with Crippen LogP contribution in [0.4, 0.5) is 4.39 Å². The zero-order valence-electron chi connectivity index (χ0n) is 27.1. The molecule has 51 heavy (non-hydrogen) atoms. The number of aromatic nitrogens is 3. The molecule has 0 radical (unpaired) electrons. The molecule has 1 atom stereocenters. The van der Waals surface area contributed by atoms with Crippen LogP contribution in [0.25, 0.3) is 78.4 Å². The number of halogens is 1.